The number of benzene rings is 1. The number of rotatable bonds is 5. The molecule has 1 aliphatic heterocycles. The van der Waals surface area contributed by atoms with Gasteiger partial charge in [0.05, 0.1) is 5.25 Å². The minimum Gasteiger partial charge on any atom is -0.347 e. The fraction of sp³-hybridized carbons (Fsp3) is 0.500. The second-order valence-corrected chi connectivity index (χ2v) is 9.73. The van der Waals surface area contributed by atoms with E-state index in [1.54, 1.807) is 19.0 Å². The average Bonchev–Trinajstić information content (AvgIpc) is 3.01. The lowest BCUT2D eigenvalue weighted by atomic mass is 10.1. The van der Waals surface area contributed by atoms with Crippen LogP contribution in [-0.4, -0.2) is 60.5 Å². The molecule has 0 N–H and O–H groups in total. The summed E-state index contributed by atoms with van der Waals surface area (Å²) in [5.41, 5.74) is 1.05. The maximum atomic E-state index is 12.5. The van der Waals surface area contributed by atoms with Gasteiger partial charge in [-0.05, 0) is 37.1 Å². The van der Waals surface area contributed by atoms with Crippen molar-refractivity contribution in [1.82, 2.24) is 13.8 Å². The smallest absolute Gasteiger partial charge is 0.224 e. The summed E-state index contributed by atoms with van der Waals surface area (Å²) < 4.78 is 27.7. The van der Waals surface area contributed by atoms with E-state index in [-0.39, 0.29) is 11.2 Å². The zero-order valence-electron chi connectivity index (χ0n) is 15.1. The molecule has 0 spiro atoms. The van der Waals surface area contributed by atoms with E-state index in [1.165, 1.54) is 4.31 Å². The van der Waals surface area contributed by atoms with Crippen molar-refractivity contribution >= 4 is 38.4 Å². The summed E-state index contributed by atoms with van der Waals surface area (Å²) in [7, 11) is -0.130. The third kappa shape index (κ3) is 3.89. The van der Waals surface area contributed by atoms with Crippen LogP contribution in [0.5, 0.6) is 0 Å². The highest BCUT2D eigenvalue weighted by Crippen LogP contribution is 2.22. The molecular weight excluding hydrogens is 374 g/mol. The maximum Gasteiger partial charge on any atom is 0.224 e. The lowest BCUT2D eigenvalue weighted by Crippen LogP contribution is -2.45. The van der Waals surface area contributed by atoms with Crippen LogP contribution in [0.1, 0.15) is 19.3 Å². The molecule has 142 valence electrons. The number of hydrogen-bond acceptors (Lipinski definition) is 3. The Kier molecular flexibility index (Phi) is 5.60. The fourth-order valence-electron chi connectivity index (χ4n) is 3.44. The van der Waals surface area contributed by atoms with E-state index < -0.39 is 10.0 Å². The molecule has 1 amide bonds. The highest BCUT2D eigenvalue weighted by atomic mass is 35.5. The summed E-state index contributed by atoms with van der Waals surface area (Å²) in [6, 6.07) is 7.70. The molecule has 1 saturated heterocycles. The molecule has 2 aromatic rings. The van der Waals surface area contributed by atoms with Crippen molar-refractivity contribution in [2.24, 2.45) is 0 Å². The van der Waals surface area contributed by atoms with E-state index in [4.69, 9.17) is 11.6 Å². The molecule has 6 nitrogen and oxygen atoms in total. The number of piperidine rings is 1. The summed E-state index contributed by atoms with van der Waals surface area (Å²) in [5.74, 6) is 0.0708. The van der Waals surface area contributed by atoms with Crippen LogP contribution in [-0.2, 0) is 21.4 Å². The molecule has 0 aliphatic carbocycles. The third-order valence-electron chi connectivity index (χ3n) is 5.02. The SMILES string of the molecule is CN(C)S(=O)(=O)C1CCN(C(=O)CCn2ccc3cc(Cl)ccc32)CC1. The summed E-state index contributed by atoms with van der Waals surface area (Å²) in [6.07, 6.45) is 3.36. The van der Waals surface area contributed by atoms with Crippen LogP contribution < -0.4 is 0 Å². The number of carbonyl (C=O) groups excluding carboxylic acids is 1. The highest BCUT2D eigenvalue weighted by Gasteiger charge is 2.32. The third-order valence-corrected chi connectivity index (χ3v) is 7.59. The Morgan fingerprint density at radius 3 is 2.58 bits per heavy atom. The van der Waals surface area contributed by atoms with E-state index in [9.17, 15) is 13.2 Å². The molecule has 26 heavy (non-hydrogen) atoms. The van der Waals surface area contributed by atoms with Crippen LogP contribution in [0.25, 0.3) is 10.9 Å². The predicted octanol–water partition coefficient (Wildman–Crippen LogP) is 2.57. The minimum atomic E-state index is -3.24. The van der Waals surface area contributed by atoms with Crippen molar-refractivity contribution in [2.75, 3.05) is 27.2 Å². The van der Waals surface area contributed by atoms with Crippen LogP contribution in [0.2, 0.25) is 5.02 Å². The summed E-state index contributed by atoms with van der Waals surface area (Å²) in [4.78, 5) is 14.3. The Balaban J connectivity index is 1.56. The number of hydrogen-bond donors (Lipinski definition) is 0. The maximum absolute atomic E-state index is 12.5. The number of carbonyl (C=O) groups is 1. The molecule has 1 fully saturated rings. The van der Waals surface area contributed by atoms with Crippen LogP contribution >= 0.6 is 11.6 Å². The molecule has 3 rings (SSSR count). The van der Waals surface area contributed by atoms with E-state index in [2.05, 4.69) is 0 Å². The van der Waals surface area contributed by atoms with Crippen molar-refractivity contribution in [1.29, 1.82) is 0 Å². The first-order valence-electron chi connectivity index (χ1n) is 8.72. The molecule has 0 saturated carbocycles. The van der Waals surface area contributed by atoms with Gasteiger partial charge in [-0.15, -0.1) is 0 Å². The van der Waals surface area contributed by atoms with Crippen LogP contribution in [0.3, 0.4) is 0 Å². The summed E-state index contributed by atoms with van der Waals surface area (Å²) >= 11 is 6.00. The number of likely N-dealkylation sites (tertiary alicyclic amines) is 1. The molecule has 0 radical (unpaired) electrons. The number of nitrogens with zero attached hydrogens (tertiary/aromatic N) is 3. The molecule has 0 unspecified atom stereocenters. The predicted molar refractivity (Wildman–Crippen MR) is 104 cm³/mol. The number of fused-ring (bicyclic) bond motifs is 1. The molecule has 2 heterocycles. The van der Waals surface area contributed by atoms with Crippen molar-refractivity contribution in [3.8, 4) is 0 Å². The number of aromatic nitrogens is 1. The van der Waals surface area contributed by atoms with E-state index in [0.717, 1.165) is 10.9 Å². The van der Waals surface area contributed by atoms with E-state index in [1.807, 2.05) is 35.0 Å². The first-order valence-corrected chi connectivity index (χ1v) is 10.6. The van der Waals surface area contributed by atoms with Gasteiger partial charge in [0.25, 0.3) is 0 Å². The zero-order chi connectivity index (χ0) is 18.9. The van der Waals surface area contributed by atoms with Crippen LogP contribution in [0, 0.1) is 0 Å². The summed E-state index contributed by atoms with van der Waals surface area (Å²) in [5, 5.41) is 1.36. The highest BCUT2D eigenvalue weighted by molar-refractivity contribution is 7.89. The molecule has 1 aromatic heterocycles. The number of aryl methyl sites for hydroxylation is 1. The quantitative estimate of drug-likeness (QED) is 0.778. The molecule has 8 heteroatoms. The first-order chi connectivity index (χ1) is 12.3. The molecular formula is C18H24ClN3O3S. The Morgan fingerprint density at radius 2 is 1.92 bits per heavy atom. The Labute approximate surface area is 159 Å². The van der Waals surface area contributed by atoms with Crippen molar-refractivity contribution in [2.45, 2.75) is 31.1 Å². The monoisotopic (exact) mass is 397 g/mol. The molecule has 1 aliphatic rings. The van der Waals surface area contributed by atoms with Crippen LogP contribution in [0.15, 0.2) is 30.5 Å². The normalized spacial score (nSPS) is 16.5. The van der Waals surface area contributed by atoms with Gasteiger partial charge in [0.15, 0.2) is 0 Å². The zero-order valence-corrected chi connectivity index (χ0v) is 16.6. The first kappa shape index (κ1) is 19.2. The Bertz CT molecular complexity index is 900. The Morgan fingerprint density at radius 1 is 1.23 bits per heavy atom. The van der Waals surface area contributed by atoms with Crippen LogP contribution in [0.4, 0.5) is 0 Å². The second-order valence-electron chi connectivity index (χ2n) is 6.87. The molecule has 1 aromatic carbocycles. The topological polar surface area (TPSA) is 62.6 Å². The number of sulfonamides is 1. The molecule has 0 bridgehead atoms. The van der Waals surface area contributed by atoms with E-state index >= 15 is 0 Å². The van der Waals surface area contributed by atoms with Gasteiger partial charge in [-0.3, -0.25) is 4.79 Å². The van der Waals surface area contributed by atoms with Gasteiger partial charge in [0.2, 0.25) is 15.9 Å². The van der Waals surface area contributed by atoms with Crippen molar-refractivity contribution < 1.29 is 13.2 Å². The van der Waals surface area contributed by atoms with Gasteiger partial charge in [-0.25, -0.2) is 12.7 Å². The number of halogens is 1. The van der Waals surface area contributed by atoms with Gasteiger partial charge in [-0.2, -0.15) is 0 Å². The Hall–Kier alpha value is -1.57. The average molecular weight is 398 g/mol. The second kappa shape index (κ2) is 7.58. The lowest BCUT2D eigenvalue weighted by Gasteiger charge is -2.33. The van der Waals surface area contributed by atoms with Crippen molar-refractivity contribution in [3.05, 3.63) is 35.5 Å². The molecule has 0 atom stereocenters. The lowest BCUT2D eigenvalue weighted by molar-refractivity contribution is -0.132. The van der Waals surface area contributed by atoms with Gasteiger partial charge < -0.3 is 9.47 Å². The standard InChI is InChI=1S/C18H24ClN3O3S/c1-20(2)26(24,25)16-6-10-22(11-7-16)18(23)8-12-21-9-5-14-13-15(19)3-4-17(14)21/h3-5,9,13,16H,6-8,10-12H2,1-2H3. The summed E-state index contributed by atoms with van der Waals surface area (Å²) in [6.45, 7) is 1.59. The van der Waals surface area contributed by atoms with Gasteiger partial charge in [0, 0.05) is 62.3 Å². The fourth-order valence-corrected chi connectivity index (χ4v) is 5.02. The van der Waals surface area contributed by atoms with Crippen molar-refractivity contribution in [3.63, 3.8) is 0 Å². The van der Waals surface area contributed by atoms with Gasteiger partial charge >= 0.3 is 0 Å². The minimum absolute atomic E-state index is 0.0708. The van der Waals surface area contributed by atoms with Gasteiger partial charge in [-0.1, -0.05) is 11.6 Å². The largest absolute Gasteiger partial charge is 0.347 e. The van der Waals surface area contributed by atoms with E-state index in [0.29, 0.717) is 43.9 Å². The van der Waals surface area contributed by atoms with Gasteiger partial charge in [0.1, 0.15) is 0 Å². The number of amides is 1.